The van der Waals surface area contributed by atoms with E-state index in [0.717, 1.165) is 24.9 Å². The highest BCUT2D eigenvalue weighted by molar-refractivity contribution is 5.99. The Bertz CT molecular complexity index is 476. The molecule has 2 aliphatic rings. The van der Waals surface area contributed by atoms with Gasteiger partial charge in [-0.1, -0.05) is 0 Å². The lowest BCUT2D eigenvalue weighted by Gasteiger charge is -2.25. The third-order valence-corrected chi connectivity index (χ3v) is 4.13. The van der Waals surface area contributed by atoms with Gasteiger partial charge in [0, 0.05) is 30.0 Å². The Morgan fingerprint density at radius 2 is 1.79 bits per heavy atom. The molecular formula is C16H22N2O. The van der Waals surface area contributed by atoms with Crippen LogP contribution in [0.25, 0.3) is 0 Å². The number of rotatable bonds is 6. The topological polar surface area (TPSA) is 46.3 Å². The Labute approximate surface area is 114 Å². The van der Waals surface area contributed by atoms with Gasteiger partial charge in [0.1, 0.15) is 0 Å². The SMILES string of the molecule is CC(=O)c1ccc(N(CC2CC2)CC2CC2)cc1N. The summed E-state index contributed by atoms with van der Waals surface area (Å²) in [7, 11) is 0. The van der Waals surface area contributed by atoms with Crippen LogP contribution in [0.1, 0.15) is 43.0 Å². The fourth-order valence-corrected chi connectivity index (χ4v) is 2.58. The summed E-state index contributed by atoms with van der Waals surface area (Å²) in [5.74, 6) is 1.78. The van der Waals surface area contributed by atoms with Crippen LogP contribution in [0.3, 0.4) is 0 Å². The van der Waals surface area contributed by atoms with E-state index in [9.17, 15) is 4.79 Å². The molecule has 102 valence electrons. The van der Waals surface area contributed by atoms with E-state index in [1.807, 2.05) is 12.1 Å². The lowest BCUT2D eigenvalue weighted by atomic mass is 10.1. The minimum Gasteiger partial charge on any atom is -0.398 e. The minimum absolute atomic E-state index is 0.0417. The molecular weight excluding hydrogens is 236 g/mol. The molecule has 0 spiro atoms. The van der Waals surface area contributed by atoms with Crippen molar-refractivity contribution in [2.45, 2.75) is 32.6 Å². The molecule has 0 aromatic heterocycles. The standard InChI is InChI=1S/C16H22N2O/c1-11(19)15-7-6-14(8-16(15)17)18(9-12-2-3-12)10-13-4-5-13/h6-8,12-13H,2-5,9-10,17H2,1H3. The van der Waals surface area contributed by atoms with Gasteiger partial charge in [-0.2, -0.15) is 0 Å². The van der Waals surface area contributed by atoms with Crippen molar-refractivity contribution in [3.8, 4) is 0 Å². The van der Waals surface area contributed by atoms with E-state index in [4.69, 9.17) is 5.73 Å². The molecule has 2 fully saturated rings. The first-order valence-corrected chi connectivity index (χ1v) is 7.29. The molecule has 0 atom stereocenters. The fourth-order valence-electron chi connectivity index (χ4n) is 2.58. The smallest absolute Gasteiger partial charge is 0.161 e. The van der Waals surface area contributed by atoms with Crippen LogP contribution in [-0.2, 0) is 0 Å². The van der Waals surface area contributed by atoms with Gasteiger partial charge in [0.25, 0.3) is 0 Å². The van der Waals surface area contributed by atoms with Gasteiger partial charge in [0.2, 0.25) is 0 Å². The lowest BCUT2D eigenvalue weighted by molar-refractivity contribution is 0.101. The molecule has 0 amide bonds. The number of ketones is 1. The number of benzene rings is 1. The van der Waals surface area contributed by atoms with Gasteiger partial charge in [-0.25, -0.2) is 0 Å². The molecule has 0 saturated heterocycles. The monoisotopic (exact) mass is 258 g/mol. The summed E-state index contributed by atoms with van der Waals surface area (Å²) in [6.45, 7) is 3.86. The van der Waals surface area contributed by atoms with Crippen molar-refractivity contribution in [2.24, 2.45) is 11.8 Å². The maximum absolute atomic E-state index is 11.4. The zero-order valence-electron chi connectivity index (χ0n) is 11.6. The van der Waals surface area contributed by atoms with E-state index in [1.165, 1.54) is 31.4 Å². The zero-order chi connectivity index (χ0) is 13.4. The van der Waals surface area contributed by atoms with Crippen LogP contribution >= 0.6 is 0 Å². The van der Waals surface area contributed by atoms with Crippen molar-refractivity contribution >= 4 is 17.2 Å². The average molecular weight is 258 g/mol. The molecule has 0 bridgehead atoms. The van der Waals surface area contributed by atoms with Crippen LogP contribution in [0, 0.1) is 11.8 Å². The van der Waals surface area contributed by atoms with E-state index >= 15 is 0 Å². The Balaban J connectivity index is 1.79. The van der Waals surface area contributed by atoms with Crippen molar-refractivity contribution in [3.05, 3.63) is 23.8 Å². The van der Waals surface area contributed by atoms with E-state index in [0.29, 0.717) is 11.3 Å². The van der Waals surface area contributed by atoms with Crippen molar-refractivity contribution in [2.75, 3.05) is 23.7 Å². The average Bonchev–Trinajstić information content (AvgIpc) is 3.22. The number of carbonyl (C=O) groups is 1. The highest BCUT2D eigenvalue weighted by atomic mass is 16.1. The van der Waals surface area contributed by atoms with E-state index in [-0.39, 0.29) is 5.78 Å². The van der Waals surface area contributed by atoms with Crippen molar-refractivity contribution in [1.82, 2.24) is 0 Å². The van der Waals surface area contributed by atoms with E-state index < -0.39 is 0 Å². The van der Waals surface area contributed by atoms with Crippen LogP contribution < -0.4 is 10.6 Å². The Morgan fingerprint density at radius 1 is 1.21 bits per heavy atom. The molecule has 1 aromatic carbocycles. The maximum atomic E-state index is 11.4. The van der Waals surface area contributed by atoms with Gasteiger partial charge in [-0.3, -0.25) is 4.79 Å². The number of hydrogen-bond donors (Lipinski definition) is 1. The third kappa shape index (κ3) is 3.09. The predicted octanol–water partition coefficient (Wildman–Crippen LogP) is 3.10. The molecule has 3 heteroatoms. The summed E-state index contributed by atoms with van der Waals surface area (Å²) in [4.78, 5) is 13.9. The largest absolute Gasteiger partial charge is 0.398 e. The number of Topliss-reactive ketones (excluding diaryl/α,β-unsaturated/α-hetero) is 1. The molecule has 0 unspecified atom stereocenters. The molecule has 0 radical (unpaired) electrons. The minimum atomic E-state index is 0.0417. The van der Waals surface area contributed by atoms with Gasteiger partial charge in [-0.15, -0.1) is 0 Å². The second kappa shape index (κ2) is 4.87. The van der Waals surface area contributed by atoms with Crippen LogP contribution in [0.4, 0.5) is 11.4 Å². The Hall–Kier alpha value is -1.51. The third-order valence-electron chi connectivity index (χ3n) is 4.13. The molecule has 19 heavy (non-hydrogen) atoms. The molecule has 0 heterocycles. The number of carbonyl (C=O) groups excluding carboxylic acids is 1. The van der Waals surface area contributed by atoms with E-state index in [2.05, 4.69) is 11.0 Å². The molecule has 3 nitrogen and oxygen atoms in total. The second-order valence-electron chi connectivity index (χ2n) is 6.12. The Morgan fingerprint density at radius 3 is 2.21 bits per heavy atom. The molecule has 2 saturated carbocycles. The van der Waals surface area contributed by atoms with Crippen molar-refractivity contribution < 1.29 is 4.79 Å². The van der Waals surface area contributed by atoms with Crippen molar-refractivity contribution in [1.29, 1.82) is 0 Å². The summed E-state index contributed by atoms with van der Waals surface area (Å²) >= 11 is 0. The first kappa shape index (κ1) is 12.5. The fraction of sp³-hybridized carbons (Fsp3) is 0.562. The lowest BCUT2D eigenvalue weighted by Crippen LogP contribution is -2.28. The highest BCUT2D eigenvalue weighted by Gasteiger charge is 2.29. The molecule has 3 rings (SSSR count). The second-order valence-corrected chi connectivity index (χ2v) is 6.12. The van der Waals surface area contributed by atoms with Crippen molar-refractivity contribution in [3.63, 3.8) is 0 Å². The zero-order valence-corrected chi connectivity index (χ0v) is 11.6. The maximum Gasteiger partial charge on any atom is 0.161 e. The summed E-state index contributed by atoms with van der Waals surface area (Å²) < 4.78 is 0. The van der Waals surface area contributed by atoms with Crippen LogP contribution in [-0.4, -0.2) is 18.9 Å². The number of anilines is 2. The Kier molecular flexibility index (Phi) is 3.21. The highest BCUT2D eigenvalue weighted by Crippen LogP contribution is 2.36. The van der Waals surface area contributed by atoms with Gasteiger partial charge in [0.15, 0.2) is 5.78 Å². The summed E-state index contributed by atoms with van der Waals surface area (Å²) in [5.41, 5.74) is 8.44. The number of nitrogens with zero attached hydrogens (tertiary/aromatic N) is 1. The molecule has 0 aliphatic heterocycles. The van der Waals surface area contributed by atoms with Crippen LogP contribution in [0.15, 0.2) is 18.2 Å². The van der Waals surface area contributed by atoms with E-state index in [1.54, 1.807) is 6.92 Å². The summed E-state index contributed by atoms with van der Waals surface area (Å²) in [6, 6.07) is 5.90. The van der Waals surface area contributed by atoms with Gasteiger partial charge < -0.3 is 10.6 Å². The van der Waals surface area contributed by atoms with Crippen LogP contribution in [0.2, 0.25) is 0 Å². The van der Waals surface area contributed by atoms with Gasteiger partial charge in [-0.05, 0) is 62.6 Å². The normalized spacial score (nSPS) is 18.4. The predicted molar refractivity (Wildman–Crippen MR) is 78.5 cm³/mol. The summed E-state index contributed by atoms with van der Waals surface area (Å²) in [6.07, 6.45) is 5.45. The van der Waals surface area contributed by atoms with Gasteiger partial charge >= 0.3 is 0 Å². The quantitative estimate of drug-likeness (QED) is 0.630. The molecule has 2 aliphatic carbocycles. The first-order chi connectivity index (χ1) is 9.13. The molecule has 2 N–H and O–H groups in total. The molecule has 1 aromatic rings. The number of nitrogens with two attached hydrogens (primary N) is 1. The first-order valence-electron chi connectivity index (χ1n) is 7.29. The van der Waals surface area contributed by atoms with Gasteiger partial charge in [0.05, 0.1) is 0 Å². The number of nitrogen functional groups attached to an aromatic ring is 1. The summed E-state index contributed by atoms with van der Waals surface area (Å²) in [5, 5.41) is 0. The number of hydrogen-bond acceptors (Lipinski definition) is 3. The van der Waals surface area contributed by atoms with Crippen LogP contribution in [0.5, 0.6) is 0 Å².